The third-order valence-electron chi connectivity index (χ3n) is 5.81. The molecule has 5 N–H and O–H groups in total. The second kappa shape index (κ2) is 13.4. The first-order valence-corrected chi connectivity index (χ1v) is 13.0. The van der Waals surface area contributed by atoms with Gasteiger partial charge in [-0.1, -0.05) is 12.1 Å². The molecule has 0 aromatic heterocycles. The van der Waals surface area contributed by atoms with Gasteiger partial charge in [0.2, 0.25) is 11.8 Å². The van der Waals surface area contributed by atoms with E-state index in [2.05, 4.69) is 16.0 Å². The van der Waals surface area contributed by atoms with E-state index in [9.17, 15) is 23.1 Å². The molecule has 0 radical (unpaired) electrons. The van der Waals surface area contributed by atoms with Gasteiger partial charge in [-0.25, -0.2) is 4.79 Å². The summed E-state index contributed by atoms with van der Waals surface area (Å²) < 4.78 is 34.4. The summed E-state index contributed by atoms with van der Waals surface area (Å²) in [5.41, 5.74) is 7.22. The van der Waals surface area contributed by atoms with E-state index >= 15 is 0 Å². The Morgan fingerprint density at radius 3 is 2.33 bits per heavy atom. The maximum Gasteiger partial charge on any atom is 0.321 e. The summed E-state index contributed by atoms with van der Waals surface area (Å²) in [6, 6.07) is 14.2. The van der Waals surface area contributed by atoms with Crippen LogP contribution in [-0.4, -0.2) is 59.8 Å². The minimum atomic E-state index is -2.59. The van der Waals surface area contributed by atoms with Crippen molar-refractivity contribution < 1.29 is 32.6 Å². The molecule has 2 unspecified atom stereocenters. The number of ether oxygens (including phenoxy) is 2. The fraction of sp³-hybridized carbons (Fsp3) is 0.222. The van der Waals surface area contributed by atoms with Gasteiger partial charge in [0.05, 0.1) is 14.2 Å². The molecule has 212 valence electrons. The summed E-state index contributed by atoms with van der Waals surface area (Å²) in [7, 11) is 6.09. The standard InChI is InChI=1S/C27H31N5O7S/c1-32(2)27(35)31-20-9-11-23(40(36)37)18(13-20)15-29-26(34)24(16-8-10-21(38-3)22(14-16)39-4)30-19-7-5-6-17(12-19)25(28)33/h5-14,24,30H,15H2,1-4H3,(H2,28,33)(H,29,34)(H,31,35)(H,36,37)/p-1. The Morgan fingerprint density at radius 2 is 1.70 bits per heavy atom. The van der Waals surface area contributed by atoms with Crippen molar-refractivity contribution in [2.45, 2.75) is 17.5 Å². The van der Waals surface area contributed by atoms with Gasteiger partial charge in [-0.05, 0) is 70.7 Å². The Kier molecular flexibility index (Phi) is 10.1. The van der Waals surface area contributed by atoms with Crippen LogP contribution in [0.3, 0.4) is 0 Å². The number of hydrogen-bond acceptors (Lipinski definition) is 8. The molecule has 0 aliphatic heterocycles. The van der Waals surface area contributed by atoms with Crippen LogP contribution < -0.4 is 31.2 Å². The fourth-order valence-electron chi connectivity index (χ4n) is 3.74. The minimum Gasteiger partial charge on any atom is -0.768 e. The quantitative estimate of drug-likeness (QED) is 0.255. The molecule has 3 rings (SSSR count). The van der Waals surface area contributed by atoms with Crippen molar-refractivity contribution >= 4 is 40.3 Å². The average molecular weight is 569 g/mol. The maximum atomic E-state index is 13.6. The normalized spacial score (nSPS) is 12.0. The molecule has 0 bridgehead atoms. The lowest BCUT2D eigenvalue weighted by molar-refractivity contribution is -0.122. The molecule has 4 amide bonds. The van der Waals surface area contributed by atoms with E-state index in [1.807, 2.05) is 0 Å². The van der Waals surface area contributed by atoms with Crippen molar-refractivity contribution in [2.24, 2.45) is 5.73 Å². The number of methoxy groups -OCH3 is 2. The number of benzene rings is 3. The molecule has 0 fully saturated rings. The third-order valence-corrected chi connectivity index (χ3v) is 6.57. The summed E-state index contributed by atoms with van der Waals surface area (Å²) in [5, 5.41) is 8.51. The highest BCUT2D eigenvalue weighted by Gasteiger charge is 2.23. The second-order valence-corrected chi connectivity index (χ2v) is 9.65. The van der Waals surface area contributed by atoms with E-state index in [1.54, 1.807) is 50.5 Å². The van der Waals surface area contributed by atoms with Crippen LogP contribution in [0, 0.1) is 0 Å². The number of rotatable bonds is 11. The molecule has 0 aliphatic carbocycles. The number of primary amides is 1. The predicted molar refractivity (Wildman–Crippen MR) is 149 cm³/mol. The lowest BCUT2D eigenvalue weighted by atomic mass is 10.0. The molecule has 3 aromatic rings. The topological polar surface area (TPSA) is 175 Å². The number of nitrogens with one attached hydrogen (secondary N) is 3. The van der Waals surface area contributed by atoms with Crippen LogP contribution in [0.25, 0.3) is 0 Å². The van der Waals surface area contributed by atoms with Crippen molar-refractivity contribution in [3.8, 4) is 11.5 Å². The second-order valence-electron chi connectivity index (χ2n) is 8.74. The van der Waals surface area contributed by atoms with Crippen LogP contribution in [0.1, 0.15) is 27.5 Å². The lowest BCUT2D eigenvalue weighted by Gasteiger charge is -2.22. The van der Waals surface area contributed by atoms with E-state index in [0.29, 0.717) is 28.4 Å². The zero-order chi connectivity index (χ0) is 29.4. The van der Waals surface area contributed by atoms with Gasteiger partial charge in [-0.15, -0.1) is 0 Å². The Bertz CT molecular complexity index is 1430. The summed E-state index contributed by atoms with van der Waals surface area (Å²) in [6.07, 6.45) is 0. The van der Waals surface area contributed by atoms with Gasteiger partial charge in [-0.2, -0.15) is 0 Å². The number of carbonyl (C=O) groups is 3. The van der Waals surface area contributed by atoms with Gasteiger partial charge < -0.3 is 40.6 Å². The Balaban J connectivity index is 1.94. The Hall–Kier alpha value is -4.62. The first kappa shape index (κ1) is 29.9. The van der Waals surface area contributed by atoms with Crippen molar-refractivity contribution in [2.75, 3.05) is 38.9 Å². The average Bonchev–Trinajstić information content (AvgIpc) is 2.94. The van der Waals surface area contributed by atoms with E-state index in [0.717, 1.165) is 0 Å². The van der Waals surface area contributed by atoms with E-state index in [4.69, 9.17) is 15.2 Å². The van der Waals surface area contributed by atoms with Gasteiger partial charge >= 0.3 is 6.03 Å². The molecule has 40 heavy (non-hydrogen) atoms. The summed E-state index contributed by atoms with van der Waals surface area (Å²) in [5.74, 6) is -0.295. The lowest BCUT2D eigenvalue weighted by Crippen LogP contribution is -2.33. The molecular weight excluding hydrogens is 538 g/mol. The molecule has 2 atom stereocenters. The molecule has 0 spiro atoms. The summed E-state index contributed by atoms with van der Waals surface area (Å²) in [6.45, 7) is -0.166. The molecule has 3 aromatic carbocycles. The van der Waals surface area contributed by atoms with Crippen LogP contribution in [0.4, 0.5) is 16.2 Å². The zero-order valence-electron chi connectivity index (χ0n) is 22.3. The number of nitrogens with two attached hydrogens (primary N) is 1. The number of anilines is 2. The molecular formula is C27H30N5O7S-. The third kappa shape index (κ3) is 7.48. The van der Waals surface area contributed by atoms with Crippen LogP contribution in [0.2, 0.25) is 0 Å². The highest BCUT2D eigenvalue weighted by atomic mass is 32.2. The number of urea groups is 1. The summed E-state index contributed by atoms with van der Waals surface area (Å²) >= 11 is -2.59. The molecule has 0 heterocycles. The zero-order valence-corrected chi connectivity index (χ0v) is 23.2. The van der Waals surface area contributed by atoms with E-state index < -0.39 is 35.0 Å². The SMILES string of the molecule is COc1ccc(C(Nc2cccc(C(N)=O)c2)C(=O)NCc2cc(NC(=O)N(C)C)ccc2S(=O)[O-])cc1OC. The first-order chi connectivity index (χ1) is 19.0. The molecule has 0 aliphatic rings. The molecule has 0 saturated carbocycles. The van der Waals surface area contributed by atoms with Crippen molar-refractivity contribution in [1.82, 2.24) is 10.2 Å². The van der Waals surface area contributed by atoms with Crippen LogP contribution >= 0.6 is 0 Å². The van der Waals surface area contributed by atoms with Crippen molar-refractivity contribution in [3.63, 3.8) is 0 Å². The van der Waals surface area contributed by atoms with Gasteiger partial charge in [0.25, 0.3) is 0 Å². The highest BCUT2D eigenvalue weighted by Crippen LogP contribution is 2.32. The summed E-state index contributed by atoms with van der Waals surface area (Å²) in [4.78, 5) is 38.6. The fourth-order valence-corrected chi connectivity index (χ4v) is 4.26. The minimum absolute atomic E-state index is 0.0343. The van der Waals surface area contributed by atoms with Gasteiger partial charge in [-0.3, -0.25) is 13.8 Å². The maximum absolute atomic E-state index is 13.6. The predicted octanol–water partition coefficient (Wildman–Crippen LogP) is 2.60. The van der Waals surface area contributed by atoms with Crippen molar-refractivity contribution in [3.05, 3.63) is 77.4 Å². The van der Waals surface area contributed by atoms with E-state index in [1.165, 1.54) is 43.4 Å². The number of carbonyl (C=O) groups excluding carboxylic acids is 3. The van der Waals surface area contributed by atoms with Crippen molar-refractivity contribution in [1.29, 1.82) is 0 Å². The first-order valence-electron chi connectivity index (χ1n) is 11.9. The largest absolute Gasteiger partial charge is 0.768 e. The number of amides is 4. The van der Waals surface area contributed by atoms with Crippen LogP contribution in [0.15, 0.2) is 65.6 Å². The molecule has 0 saturated heterocycles. The van der Waals surface area contributed by atoms with Gasteiger partial charge in [0.1, 0.15) is 6.04 Å². The van der Waals surface area contributed by atoms with Gasteiger partial charge in [0, 0.05) is 42.5 Å². The van der Waals surface area contributed by atoms with E-state index in [-0.39, 0.29) is 22.6 Å². The van der Waals surface area contributed by atoms with Gasteiger partial charge in [0.15, 0.2) is 11.5 Å². The Morgan fingerprint density at radius 1 is 0.975 bits per heavy atom. The monoisotopic (exact) mass is 568 g/mol. The highest BCUT2D eigenvalue weighted by molar-refractivity contribution is 7.79. The molecule has 12 nitrogen and oxygen atoms in total. The van der Waals surface area contributed by atoms with Crippen LogP contribution in [0.5, 0.6) is 11.5 Å². The Labute approximate surface area is 234 Å². The smallest absolute Gasteiger partial charge is 0.321 e. The number of nitrogens with zero attached hydrogens (tertiary/aromatic N) is 1. The molecule has 13 heteroatoms. The van der Waals surface area contributed by atoms with Crippen LogP contribution in [-0.2, 0) is 22.4 Å². The number of hydrogen-bond donors (Lipinski definition) is 4.